The van der Waals surface area contributed by atoms with Crippen LogP contribution < -0.4 is 5.01 Å². The Morgan fingerprint density at radius 2 is 2.08 bits per heavy atom. The predicted octanol–water partition coefficient (Wildman–Crippen LogP) is 2.78. The first-order valence-electron chi connectivity index (χ1n) is 7.41. The highest BCUT2D eigenvalue weighted by Crippen LogP contribution is 2.28. The van der Waals surface area contributed by atoms with Gasteiger partial charge in [-0.2, -0.15) is 0 Å². The van der Waals surface area contributed by atoms with Crippen LogP contribution in [0.4, 0.5) is 4.79 Å². The molecule has 132 valence electrons. The number of hydrogen-bond donors (Lipinski definition) is 1. The van der Waals surface area contributed by atoms with Crippen LogP contribution in [0.5, 0.6) is 0 Å². The molecule has 10 heteroatoms. The molecule has 0 spiro atoms. The third kappa shape index (κ3) is 3.07. The predicted molar refractivity (Wildman–Crippen MR) is 97.2 cm³/mol. The van der Waals surface area contributed by atoms with Crippen molar-refractivity contribution >= 4 is 53.8 Å². The summed E-state index contributed by atoms with van der Waals surface area (Å²) in [6, 6.07) is 5.31. The molecule has 1 N–H and O–H groups in total. The van der Waals surface area contributed by atoms with Gasteiger partial charge >= 0.3 is 6.09 Å². The van der Waals surface area contributed by atoms with Crippen molar-refractivity contribution in [2.75, 3.05) is 17.8 Å². The molecular weight excluding hydrogens is 412 g/mol. The highest BCUT2D eigenvalue weighted by Gasteiger charge is 2.27. The second kappa shape index (κ2) is 6.26. The van der Waals surface area contributed by atoms with E-state index in [-0.39, 0.29) is 11.7 Å². The summed E-state index contributed by atoms with van der Waals surface area (Å²) < 4.78 is 26.4. The van der Waals surface area contributed by atoms with Crippen molar-refractivity contribution in [2.45, 2.75) is 18.5 Å². The molecule has 1 amide bonds. The van der Waals surface area contributed by atoms with Crippen molar-refractivity contribution in [3.63, 3.8) is 0 Å². The van der Waals surface area contributed by atoms with Gasteiger partial charge in [0.25, 0.3) is 0 Å². The third-order valence-corrected chi connectivity index (χ3v) is 5.04. The Balaban J connectivity index is 2.50. The lowest BCUT2D eigenvalue weighted by molar-refractivity contribution is 0.194. The Kier molecular flexibility index (Phi) is 4.41. The van der Waals surface area contributed by atoms with Crippen LogP contribution in [0.15, 0.2) is 34.0 Å². The van der Waals surface area contributed by atoms with Crippen molar-refractivity contribution in [3.8, 4) is 0 Å². The maximum absolute atomic E-state index is 12.2. The number of rotatable bonds is 4. The van der Waals surface area contributed by atoms with Crippen molar-refractivity contribution in [2.24, 2.45) is 0 Å². The Hall–Kier alpha value is -2.20. The molecule has 0 aliphatic carbocycles. The van der Waals surface area contributed by atoms with Crippen LogP contribution in [-0.4, -0.2) is 47.1 Å². The SMILES string of the molecule is CCCN(C(=O)O)n1c(S(C)(=O)=O)nc2cnc3cc(Br)ccc3c21. The van der Waals surface area contributed by atoms with E-state index in [1.165, 1.54) is 6.20 Å². The lowest BCUT2D eigenvalue weighted by Gasteiger charge is -2.22. The van der Waals surface area contributed by atoms with Crippen molar-refractivity contribution in [1.82, 2.24) is 14.6 Å². The molecule has 0 radical (unpaired) electrons. The first-order valence-corrected chi connectivity index (χ1v) is 10.1. The molecule has 0 saturated heterocycles. The number of carboxylic acid groups (broad SMARTS) is 1. The van der Waals surface area contributed by atoms with Gasteiger partial charge in [0.15, 0.2) is 0 Å². The van der Waals surface area contributed by atoms with Crippen LogP contribution in [0, 0.1) is 0 Å². The zero-order valence-electron chi connectivity index (χ0n) is 13.5. The van der Waals surface area contributed by atoms with Gasteiger partial charge in [0.1, 0.15) is 11.0 Å². The van der Waals surface area contributed by atoms with Crippen LogP contribution in [0.1, 0.15) is 13.3 Å². The van der Waals surface area contributed by atoms with E-state index in [1.54, 1.807) is 18.2 Å². The van der Waals surface area contributed by atoms with Crippen LogP contribution >= 0.6 is 15.9 Å². The molecule has 0 atom stereocenters. The minimum atomic E-state index is -3.76. The van der Waals surface area contributed by atoms with Gasteiger partial charge in [0, 0.05) is 22.7 Å². The molecule has 0 unspecified atom stereocenters. The van der Waals surface area contributed by atoms with Crippen molar-refractivity contribution in [3.05, 3.63) is 28.9 Å². The molecule has 0 aliphatic heterocycles. The van der Waals surface area contributed by atoms with Gasteiger partial charge in [-0.1, -0.05) is 22.9 Å². The summed E-state index contributed by atoms with van der Waals surface area (Å²) in [5.41, 5.74) is 1.32. The summed E-state index contributed by atoms with van der Waals surface area (Å²) in [5, 5.41) is 10.9. The van der Waals surface area contributed by atoms with Crippen LogP contribution in [0.25, 0.3) is 21.9 Å². The molecule has 2 aromatic heterocycles. The average molecular weight is 427 g/mol. The Morgan fingerprint density at radius 3 is 2.68 bits per heavy atom. The number of amides is 1. The monoisotopic (exact) mass is 426 g/mol. The fourth-order valence-corrected chi connectivity index (χ4v) is 3.77. The number of imidazole rings is 1. The van der Waals surface area contributed by atoms with E-state index in [2.05, 4.69) is 25.9 Å². The first kappa shape index (κ1) is 17.6. The first-order chi connectivity index (χ1) is 11.7. The average Bonchev–Trinajstić information content (AvgIpc) is 2.91. The lowest BCUT2D eigenvalue weighted by Crippen LogP contribution is -2.41. The molecule has 8 nitrogen and oxygen atoms in total. The standard InChI is InChI=1S/C15H15BrN4O4S/c1-3-6-19(15(21)22)20-13-10-5-4-9(16)7-11(10)17-8-12(13)18-14(20)25(2,23)24/h4-5,7-8H,3,6H2,1-2H3,(H,21,22). The fourth-order valence-electron chi connectivity index (χ4n) is 2.65. The smallest absolute Gasteiger partial charge is 0.426 e. The van der Waals surface area contributed by atoms with E-state index < -0.39 is 15.9 Å². The molecule has 0 saturated carbocycles. The molecule has 3 aromatic rings. The molecule has 1 aromatic carbocycles. The molecule has 0 aliphatic rings. The Labute approximate surface area is 152 Å². The maximum atomic E-state index is 12.2. The van der Waals surface area contributed by atoms with E-state index in [9.17, 15) is 18.3 Å². The highest BCUT2D eigenvalue weighted by molar-refractivity contribution is 9.10. The number of halogens is 1. The van der Waals surface area contributed by atoms with E-state index >= 15 is 0 Å². The summed E-state index contributed by atoms with van der Waals surface area (Å²) in [5.74, 6) is 0. The number of sulfone groups is 1. The van der Waals surface area contributed by atoms with E-state index in [4.69, 9.17) is 0 Å². The molecule has 3 rings (SSSR count). The van der Waals surface area contributed by atoms with E-state index in [0.29, 0.717) is 28.4 Å². The number of aromatic nitrogens is 3. The minimum Gasteiger partial charge on any atom is -0.464 e. The number of benzene rings is 1. The van der Waals surface area contributed by atoms with Crippen molar-refractivity contribution in [1.29, 1.82) is 0 Å². The second-order valence-electron chi connectivity index (χ2n) is 5.54. The van der Waals surface area contributed by atoms with Gasteiger partial charge in [-0.05, 0) is 24.6 Å². The number of nitrogens with zero attached hydrogens (tertiary/aromatic N) is 4. The summed E-state index contributed by atoms with van der Waals surface area (Å²) in [7, 11) is -3.76. The summed E-state index contributed by atoms with van der Waals surface area (Å²) in [6.45, 7) is 1.94. The zero-order chi connectivity index (χ0) is 18.4. The van der Waals surface area contributed by atoms with Crippen LogP contribution in [0.3, 0.4) is 0 Å². The van der Waals surface area contributed by atoms with Gasteiger partial charge < -0.3 is 5.11 Å². The maximum Gasteiger partial charge on any atom is 0.426 e. The minimum absolute atomic E-state index is 0.129. The molecule has 25 heavy (non-hydrogen) atoms. The van der Waals surface area contributed by atoms with Crippen LogP contribution in [-0.2, 0) is 9.84 Å². The number of hydrogen-bond acceptors (Lipinski definition) is 5. The Bertz CT molecular complexity index is 1090. The zero-order valence-corrected chi connectivity index (χ0v) is 15.9. The normalized spacial score (nSPS) is 12.0. The van der Waals surface area contributed by atoms with Gasteiger partial charge in [-0.25, -0.2) is 27.9 Å². The quantitative estimate of drug-likeness (QED) is 0.687. The Morgan fingerprint density at radius 1 is 1.36 bits per heavy atom. The van der Waals surface area contributed by atoms with Crippen molar-refractivity contribution < 1.29 is 18.3 Å². The second-order valence-corrected chi connectivity index (χ2v) is 8.36. The number of fused-ring (bicyclic) bond motifs is 3. The summed E-state index contributed by atoms with van der Waals surface area (Å²) in [4.78, 5) is 20.2. The van der Waals surface area contributed by atoms with Gasteiger partial charge in [0.2, 0.25) is 15.0 Å². The fraction of sp³-hybridized carbons (Fsp3) is 0.267. The molecule has 0 bridgehead atoms. The van der Waals surface area contributed by atoms with E-state index in [1.807, 2.05) is 6.92 Å². The molecule has 0 fully saturated rings. The largest absolute Gasteiger partial charge is 0.464 e. The lowest BCUT2D eigenvalue weighted by atomic mass is 10.2. The van der Waals surface area contributed by atoms with Gasteiger partial charge in [0.05, 0.1) is 11.7 Å². The third-order valence-electron chi connectivity index (χ3n) is 3.62. The topological polar surface area (TPSA) is 105 Å². The highest BCUT2D eigenvalue weighted by atomic mass is 79.9. The van der Waals surface area contributed by atoms with Gasteiger partial charge in [-0.15, -0.1) is 0 Å². The molecule has 2 heterocycles. The summed E-state index contributed by atoms with van der Waals surface area (Å²) >= 11 is 3.37. The number of carbonyl (C=O) groups is 1. The number of pyridine rings is 1. The summed E-state index contributed by atoms with van der Waals surface area (Å²) in [6.07, 6.45) is 1.71. The molecular formula is C15H15BrN4O4S. The van der Waals surface area contributed by atoms with Crippen LogP contribution in [0.2, 0.25) is 0 Å². The van der Waals surface area contributed by atoms with Gasteiger partial charge in [-0.3, -0.25) is 4.98 Å². The van der Waals surface area contributed by atoms with E-state index in [0.717, 1.165) is 20.4 Å².